The fourth-order valence-corrected chi connectivity index (χ4v) is 3.35. The third kappa shape index (κ3) is 4.70. The summed E-state index contributed by atoms with van der Waals surface area (Å²) in [6, 6.07) is 12.7. The van der Waals surface area contributed by atoms with E-state index in [2.05, 4.69) is 9.46 Å². The largest absolute Gasteiger partial charge is 0.573 e. The summed E-state index contributed by atoms with van der Waals surface area (Å²) in [6.45, 7) is 1.60. The average Bonchev–Trinajstić information content (AvgIpc) is 2.46. The van der Waals surface area contributed by atoms with Crippen LogP contribution in [0.5, 0.6) is 5.75 Å². The van der Waals surface area contributed by atoms with Gasteiger partial charge in [0.15, 0.2) is 0 Å². The Bertz CT molecular complexity index is 761. The van der Waals surface area contributed by atoms with E-state index >= 15 is 0 Å². The number of hydrogen-bond acceptors (Lipinski definition) is 3. The summed E-state index contributed by atoms with van der Waals surface area (Å²) in [6.07, 6.45) is -4.98. The van der Waals surface area contributed by atoms with E-state index in [1.54, 1.807) is 37.3 Å². The Labute approximate surface area is 132 Å². The molecule has 4 nitrogen and oxygen atoms in total. The Morgan fingerprint density at radius 1 is 1.00 bits per heavy atom. The normalized spacial score (nSPS) is 13.6. The maximum absolute atomic E-state index is 12.4. The Balaban J connectivity index is 2.30. The zero-order valence-corrected chi connectivity index (χ0v) is 12.9. The highest BCUT2D eigenvalue weighted by molar-refractivity contribution is 7.89. The van der Waals surface area contributed by atoms with Crippen molar-refractivity contribution < 1.29 is 26.3 Å². The Morgan fingerprint density at radius 2 is 1.57 bits per heavy atom. The van der Waals surface area contributed by atoms with Crippen molar-refractivity contribution in [2.24, 2.45) is 0 Å². The molecule has 0 aliphatic heterocycles. The molecule has 124 valence electrons. The molecule has 0 aliphatic carbocycles. The van der Waals surface area contributed by atoms with Crippen LogP contribution in [0, 0.1) is 0 Å². The minimum atomic E-state index is -4.98. The topological polar surface area (TPSA) is 55.4 Å². The van der Waals surface area contributed by atoms with Crippen LogP contribution in [-0.4, -0.2) is 14.8 Å². The molecule has 1 N–H and O–H groups in total. The maximum Gasteiger partial charge on any atom is 0.573 e. The van der Waals surface area contributed by atoms with E-state index in [9.17, 15) is 21.6 Å². The van der Waals surface area contributed by atoms with Gasteiger partial charge < -0.3 is 4.74 Å². The van der Waals surface area contributed by atoms with Crippen LogP contribution in [0.2, 0.25) is 0 Å². The second-order valence-electron chi connectivity index (χ2n) is 4.75. The first-order chi connectivity index (χ1) is 10.7. The number of ether oxygens (including phenoxy) is 1. The molecule has 0 amide bonds. The van der Waals surface area contributed by atoms with E-state index in [1.165, 1.54) is 12.1 Å². The summed E-state index contributed by atoms with van der Waals surface area (Å²) in [5.41, 5.74) is 0.685. The van der Waals surface area contributed by atoms with Crippen LogP contribution < -0.4 is 9.46 Å². The predicted molar refractivity (Wildman–Crippen MR) is 78.3 cm³/mol. The standard InChI is InChI=1S/C15H14F3NO3S/c1-11(12-7-3-2-4-8-12)19-23(20,21)14-10-6-5-9-13(14)22-15(16,17)18/h2-11,19H,1H3. The van der Waals surface area contributed by atoms with Crippen molar-refractivity contribution >= 4 is 10.0 Å². The number of para-hydroxylation sites is 1. The van der Waals surface area contributed by atoms with Gasteiger partial charge in [0.05, 0.1) is 0 Å². The fourth-order valence-electron chi connectivity index (χ4n) is 1.99. The quantitative estimate of drug-likeness (QED) is 0.900. The van der Waals surface area contributed by atoms with Gasteiger partial charge in [0.1, 0.15) is 10.6 Å². The van der Waals surface area contributed by atoms with Crippen molar-refractivity contribution in [2.75, 3.05) is 0 Å². The molecule has 2 aromatic rings. The number of nitrogens with one attached hydrogen (secondary N) is 1. The average molecular weight is 345 g/mol. The van der Waals surface area contributed by atoms with Crippen LogP contribution in [0.3, 0.4) is 0 Å². The van der Waals surface area contributed by atoms with Crippen LogP contribution in [0.25, 0.3) is 0 Å². The molecule has 8 heteroatoms. The summed E-state index contributed by atoms with van der Waals surface area (Å²) >= 11 is 0. The number of hydrogen-bond donors (Lipinski definition) is 1. The molecule has 0 aromatic heterocycles. The van der Waals surface area contributed by atoms with Gasteiger partial charge in [0.25, 0.3) is 0 Å². The third-order valence-electron chi connectivity index (χ3n) is 3.00. The number of halogens is 3. The molecule has 0 saturated carbocycles. The maximum atomic E-state index is 12.4. The van der Waals surface area contributed by atoms with E-state index in [1.807, 2.05) is 0 Å². The van der Waals surface area contributed by atoms with Gasteiger partial charge in [-0.3, -0.25) is 0 Å². The molecule has 0 aliphatic rings. The zero-order valence-electron chi connectivity index (χ0n) is 12.0. The SMILES string of the molecule is CC(NS(=O)(=O)c1ccccc1OC(F)(F)F)c1ccccc1. The number of alkyl halides is 3. The molecule has 0 fully saturated rings. The molecule has 2 rings (SSSR count). The van der Waals surface area contributed by atoms with E-state index < -0.39 is 33.1 Å². The first kappa shape index (κ1) is 17.3. The van der Waals surface area contributed by atoms with Gasteiger partial charge in [0, 0.05) is 6.04 Å². The highest BCUT2D eigenvalue weighted by atomic mass is 32.2. The van der Waals surface area contributed by atoms with Gasteiger partial charge in [-0.25, -0.2) is 13.1 Å². The summed E-state index contributed by atoms with van der Waals surface area (Å²) in [5, 5.41) is 0. The molecule has 2 aromatic carbocycles. The molecular formula is C15H14F3NO3S. The third-order valence-corrected chi connectivity index (χ3v) is 4.58. The Kier molecular flexibility index (Phi) is 4.96. The lowest BCUT2D eigenvalue weighted by Gasteiger charge is -2.17. The monoisotopic (exact) mass is 345 g/mol. The van der Waals surface area contributed by atoms with Crippen LogP contribution in [-0.2, 0) is 10.0 Å². The predicted octanol–water partition coefficient (Wildman–Crippen LogP) is 3.62. The van der Waals surface area contributed by atoms with Gasteiger partial charge in [-0.05, 0) is 24.6 Å². The van der Waals surface area contributed by atoms with Crippen LogP contribution in [0.15, 0.2) is 59.5 Å². The Hall–Kier alpha value is -2.06. The first-order valence-corrected chi connectivity index (χ1v) is 8.09. The van der Waals surface area contributed by atoms with E-state index in [0.717, 1.165) is 12.1 Å². The highest BCUT2D eigenvalue weighted by Crippen LogP contribution is 2.30. The smallest absolute Gasteiger partial charge is 0.404 e. The molecule has 0 heterocycles. The summed E-state index contributed by atoms with van der Waals surface area (Å²) in [4.78, 5) is -0.569. The molecule has 0 radical (unpaired) electrons. The molecule has 0 saturated heterocycles. The van der Waals surface area contributed by atoms with Crippen molar-refractivity contribution in [1.82, 2.24) is 4.72 Å². The van der Waals surface area contributed by atoms with Gasteiger partial charge in [-0.1, -0.05) is 42.5 Å². The number of sulfonamides is 1. The van der Waals surface area contributed by atoms with Gasteiger partial charge in [-0.2, -0.15) is 0 Å². The van der Waals surface area contributed by atoms with Crippen molar-refractivity contribution in [3.05, 3.63) is 60.2 Å². The van der Waals surface area contributed by atoms with Gasteiger partial charge >= 0.3 is 6.36 Å². The second kappa shape index (κ2) is 6.59. The lowest BCUT2D eigenvalue weighted by Crippen LogP contribution is -2.28. The van der Waals surface area contributed by atoms with Crippen LogP contribution >= 0.6 is 0 Å². The van der Waals surface area contributed by atoms with Crippen molar-refractivity contribution in [1.29, 1.82) is 0 Å². The molecule has 0 bridgehead atoms. The lowest BCUT2D eigenvalue weighted by molar-refractivity contribution is -0.275. The summed E-state index contributed by atoms with van der Waals surface area (Å²) in [5.74, 6) is -0.771. The number of benzene rings is 2. The highest BCUT2D eigenvalue weighted by Gasteiger charge is 2.34. The second-order valence-corrected chi connectivity index (χ2v) is 6.43. The van der Waals surface area contributed by atoms with Crippen LogP contribution in [0.1, 0.15) is 18.5 Å². The first-order valence-electron chi connectivity index (χ1n) is 6.61. The number of rotatable bonds is 5. The molecule has 0 spiro atoms. The van der Waals surface area contributed by atoms with Crippen molar-refractivity contribution in [3.8, 4) is 5.75 Å². The van der Waals surface area contributed by atoms with Crippen LogP contribution in [0.4, 0.5) is 13.2 Å². The van der Waals surface area contributed by atoms with Gasteiger partial charge in [-0.15, -0.1) is 13.2 Å². The van der Waals surface area contributed by atoms with Gasteiger partial charge in [0.2, 0.25) is 10.0 Å². The summed E-state index contributed by atoms with van der Waals surface area (Å²) in [7, 11) is -4.19. The molecule has 1 unspecified atom stereocenters. The minimum absolute atomic E-state index is 0.569. The van der Waals surface area contributed by atoms with E-state index in [-0.39, 0.29) is 0 Å². The summed E-state index contributed by atoms with van der Waals surface area (Å²) < 4.78 is 68.1. The fraction of sp³-hybridized carbons (Fsp3) is 0.200. The lowest BCUT2D eigenvalue weighted by atomic mass is 10.1. The van der Waals surface area contributed by atoms with Crippen molar-refractivity contribution in [3.63, 3.8) is 0 Å². The van der Waals surface area contributed by atoms with E-state index in [0.29, 0.717) is 5.56 Å². The minimum Gasteiger partial charge on any atom is -0.404 e. The molecular weight excluding hydrogens is 331 g/mol. The van der Waals surface area contributed by atoms with E-state index in [4.69, 9.17) is 0 Å². The van der Waals surface area contributed by atoms with Crippen molar-refractivity contribution in [2.45, 2.75) is 24.2 Å². The molecule has 1 atom stereocenters. The zero-order chi connectivity index (χ0) is 17.1. The Morgan fingerprint density at radius 3 is 2.17 bits per heavy atom. The molecule has 23 heavy (non-hydrogen) atoms.